The van der Waals surface area contributed by atoms with Crippen LogP contribution in [0.5, 0.6) is 11.5 Å². The minimum Gasteiger partial charge on any atom is -0.497 e. The molecule has 8 heteroatoms. The summed E-state index contributed by atoms with van der Waals surface area (Å²) in [7, 11) is 6.47. The minimum absolute atomic E-state index is 0.304. The first-order chi connectivity index (χ1) is 12.0. The van der Waals surface area contributed by atoms with Crippen molar-refractivity contribution in [2.45, 2.75) is 6.42 Å². The average molecular weight is 367 g/mol. The number of ether oxygens (including phenoxy) is 3. The van der Waals surface area contributed by atoms with E-state index in [2.05, 4.69) is 10.7 Å². The zero-order valence-electron chi connectivity index (χ0n) is 15.0. The van der Waals surface area contributed by atoms with Gasteiger partial charge < -0.3 is 19.5 Å². The number of thiocarbonyl (C=S) groups is 1. The fraction of sp³-hybridized carbons (Fsp3) is 0.412. The molecule has 0 fully saturated rings. The molecular formula is C17H25N3O4S. The summed E-state index contributed by atoms with van der Waals surface area (Å²) in [5.74, 6) is 0.997. The lowest BCUT2D eigenvalue weighted by molar-refractivity contribution is -0.119. The minimum atomic E-state index is -0.304. The lowest BCUT2D eigenvalue weighted by Gasteiger charge is -2.20. The van der Waals surface area contributed by atoms with Crippen molar-refractivity contribution in [3.8, 4) is 11.5 Å². The molecular weight excluding hydrogens is 342 g/mol. The summed E-state index contributed by atoms with van der Waals surface area (Å²) in [4.78, 5) is 12.0. The van der Waals surface area contributed by atoms with Crippen LogP contribution in [-0.4, -0.2) is 57.6 Å². The number of nitrogens with one attached hydrogen (secondary N) is 2. The molecule has 1 rings (SSSR count). The SMILES string of the molecule is COCCCNC(=S)N(C)NC(=O)/C=C/c1ccc(OC)cc1OC. The van der Waals surface area contributed by atoms with Gasteiger partial charge in [0.15, 0.2) is 5.11 Å². The third-order valence-electron chi connectivity index (χ3n) is 3.24. The zero-order chi connectivity index (χ0) is 18.7. The summed E-state index contributed by atoms with van der Waals surface area (Å²) < 4.78 is 15.4. The first-order valence-electron chi connectivity index (χ1n) is 7.73. The largest absolute Gasteiger partial charge is 0.497 e. The van der Waals surface area contributed by atoms with Crippen LogP contribution in [0.3, 0.4) is 0 Å². The van der Waals surface area contributed by atoms with E-state index in [0.717, 1.165) is 12.0 Å². The summed E-state index contributed by atoms with van der Waals surface area (Å²) in [5, 5.41) is 4.92. The Morgan fingerprint density at radius 2 is 2.04 bits per heavy atom. The summed E-state index contributed by atoms with van der Waals surface area (Å²) in [6.45, 7) is 1.32. The maximum absolute atomic E-state index is 12.0. The highest BCUT2D eigenvalue weighted by Crippen LogP contribution is 2.25. The van der Waals surface area contributed by atoms with Crippen molar-refractivity contribution < 1.29 is 19.0 Å². The Labute approximate surface area is 153 Å². The summed E-state index contributed by atoms with van der Waals surface area (Å²) >= 11 is 5.19. The Morgan fingerprint density at radius 1 is 1.28 bits per heavy atom. The standard InChI is InChI=1S/C17H25N3O4S/c1-20(17(25)18-10-5-11-22-2)19-16(21)9-7-13-6-8-14(23-3)12-15(13)24-4/h6-9,12H,5,10-11H2,1-4H3,(H,18,25)(H,19,21)/b9-7+. The Hall–Kier alpha value is -2.32. The van der Waals surface area contributed by atoms with Crippen LogP contribution in [0.1, 0.15) is 12.0 Å². The second kappa shape index (κ2) is 11.3. The molecule has 0 radical (unpaired) electrons. The molecule has 0 aliphatic heterocycles. The van der Waals surface area contributed by atoms with Crippen LogP contribution >= 0.6 is 12.2 Å². The van der Waals surface area contributed by atoms with E-state index in [-0.39, 0.29) is 5.91 Å². The average Bonchev–Trinajstić information content (AvgIpc) is 2.63. The van der Waals surface area contributed by atoms with E-state index in [9.17, 15) is 4.79 Å². The van der Waals surface area contributed by atoms with Crippen LogP contribution in [0.4, 0.5) is 0 Å². The van der Waals surface area contributed by atoms with Crippen LogP contribution in [0, 0.1) is 0 Å². The van der Waals surface area contributed by atoms with Gasteiger partial charge in [-0.3, -0.25) is 15.2 Å². The number of carbonyl (C=O) groups is 1. The first kappa shape index (κ1) is 20.7. The van der Waals surface area contributed by atoms with Crippen LogP contribution in [0.2, 0.25) is 0 Å². The maximum Gasteiger partial charge on any atom is 0.262 e. The Morgan fingerprint density at radius 3 is 2.68 bits per heavy atom. The molecule has 2 N–H and O–H groups in total. The molecule has 0 bridgehead atoms. The van der Waals surface area contributed by atoms with Crippen LogP contribution in [0.25, 0.3) is 6.08 Å². The van der Waals surface area contributed by atoms with Gasteiger partial charge in [-0.1, -0.05) is 0 Å². The van der Waals surface area contributed by atoms with Crippen molar-refractivity contribution in [1.82, 2.24) is 15.8 Å². The molecule has 0 spiro atoms. The number of rotatable bonds is 8. The smallest absolute Gasteiger partial charge is 0.262 e. The molecule has 25 heavy (non-hydrogen) atoms. The predicted molar refractivity (Wildman–Crippen MR) is 102 cm³/mol. The molecule has 1 aromatic rings. The van der Waals surface area contributed by atoms with Gasteiger partial charge in [-0.05, 0) is 36.8 Å². The topological polar surface area (TPSA) is 72.1 Å². The van der Waals surface area contributed by atoms with Gasteiger partial charge in [0.2, 0.25) is 0 Å². The molecule has 0 saturated heterocycles. The van der Waals surface area contributed by atoms with Crippen molar-refractivity contribution >= 4 is 29.3 Å². The van der Waals surface area contributed by atoms with Crippen molar-refractivity contribution in [2.75, 3.05) is 41.5 Å². The van der Waals surface area contributed by atoms with Gasteiger partial charge in [-0.15, -0.1) is 0 Å². The molecule has 7 nitrogen and oxygen atoms in total. The van der Waals surface area contributed by atoms with Gasteiger partial charge >= 0.3 is 0 Å². The van der Waals surface area contributed by atoms with Crippen molar-refractivity contribution in [2.24, 2.45) is 0 Å². The van der Waals surface area contributed by atoms with Gasteiger partial charge in [0.1, 0.15) is 11.5 Å². The lowest BCUT2D eigenvalue weighted by atomic mass is 10.1. The molecule has 0 aliphatic carbocycles. The maximum atomic E-state index is 12.0. The molecule has 1 amide bonds. The van der Waals surface area contributed by atoms with Gasteiger partial charge in [-0.25, -0.2) is 0 Å². The van der Waals surface area contributed by atoms with E-state index in [4.69, 9.17) is 26.4 Å². The molecule has 0 saturated carbocycles. The number of carbonyl (C=O) groups excluding carboxylic acids is 1. The Bertz CT molecular complexity index is 608. The summed E-state index contributed by atoms with van der Waals surface area (Å²) in [6.07, 6.45) is 3.90. The van der Waals surface area contributed by atoms with Crippen LogP contribution in [0.15, 0.2) is 24.3 Å². The van der Waals surface area contributed by atoms with E-state index < -0.39 is 0 Å². The summed E-state index contributed by atoms with van der Waals surface area (Å²) in [5.41, 5.74) is 3.42. The van der Waals surface area contributed by atoms with E-state index in [1.54, 1.807) is 46.6 Å². The monoisotopic (exact) mass is 367 g/mol. The highest BCUT2D eigenvalue weighted by molar-refractivity contribution is 7.80. The van der Waals surface area contributed by atoms with Crippen LogP contribution in [-0.2, 0) is 9.53 Å². The third-order valence-corrected chi connectivity index (χ3v) is 3.66. The van der Waals surface area contributed by atoms with E-state index in [1.165, 1.54) is 11.1 Å². The molecule has 0 heterocycles. The molecule has 138 valence electrons. The van der Waals surface area contributed by atoms with Crippen molar-refractivity contribution in [1.29, 1.82) is 0 Å². The second-order valence-electron chi connectivity index (χ2n) is 5.05. The second-order valence-corrected chi connectivity index (χ2v) is 5.44. The van der Waals surface area contributed by atoms with E-state index in [1.807, 2.05) is 6.07 Å². The number of hydrazine groups is 1. The zero-order valence-corrected chi connectivity index (χ0v) is 15.8. The Kier molecular flexibility index (Phi) is 9.34. The molecule has 0 atom stereocenters. The third kappa shape index (κ3) is 7.40. The number of hydrogen-bond donors (Lipinski definition) is 2. The molecule has 0 aromatic heterocycles. The van der Waals surface area contributed by atoms with Gasteiger partial charge in [0, 0.05) is 45.0 Å². The predicted octanol–water partition coefficient (Wildman–Crippen LogP) is 1.59. The Balaban J connectivity index is 2.55. The fourth-order valence-corrected chi connectivity index (χ4v) is 2.05. The van der Waals surface area contributed by atoms with Crippen molar-refractivity contribution in [3.05, 3.63) is 29.8 Å². The number of methoxy groups -OCH3 is 3. The number of hydrogen-bond acceptors (Lipinski definition) is 5. The van der Waals surface area contributed by atoms with Crippen LogP contribution < -0.4 is 20.2 Å². The van der Waals surface area contributed by atoms with E-state index in [0.29, 0.717) is 29.8 Å². The lowest BCUT2D eigenvalue weighted by Crippen LogP contribution is -2.47. The number of amides is 1. The molecule has 0 unspecified atom stereocenters. The number of nitrogens with zero attached hydrogens (tertiary/aromatic N) is 1. The van der Waals surface area contributed by atoms with Gasteiger partial charge in [0.25, 0.3) is 5.91 Å². The van der Waals surface area contributed by atoms with E-state index >= 15 is 0 Å². The molecule has 1 aromatic carbocycles. The summed E-state index contributed by atoms with van der Waals surface area (Å²) in [6, 6.07) is 5.36. The van der Waals surface area contributed by atoms with Gasteiger partial charge in [-0.2, -0.15) is 0 Å². The number of benzene rings is 1. The highest BCUT2D eigenvalue weighted by atomic mass is 32.1. The van der Waals surface area contributed by atoms with Gasteiger partial charge in [0.05, 0.1) is 14.2 Å². The fourth-order valence-electron chi connectivity index (χ4n) is 1.91. The van der Waals surface area contributed by atoms with Crippen molar-refractivity contribution in [3.63, 3.8) is 0 Å². The molecule has 0 aliphatic rings. The highest BCUT2D eigenvalue weighted by Gasteiger charge is 2.07. The first-order valence-corrected chi connectivity index (χ1v) is 8.13. The normalized spacial score (nSPS) is 10.4. The quantitative estimate of drug-likeness (QED) is 0.313.